The molecule has 0 unspecified atom stereocenters. The molecule has 7 heteroatoms. The van der Waals surface area contributed by atoms with Crippen LogP contribution in [0.15, 0.2) is 12.3 Å². The molecule has 0 radical (unpaired) electrons. The zero-order valence-electron chi connectivity index (χ0n) is 10.4. The van der Waals surface area contributed by atoms with Gasteiger partial charge in [0, 0.05) is 30.4 Å². The van der Waals surface area contributed by atoms with Gasteiger partial charge in [0.1, 0.15) is 9.84 Å². The van der Waals surface area contributed by atoms with E-state index in [0.29, 0.717) is 24.2 Å². The summed E-state index contributed by atoms with van der Waals surface area (Å²) < 4.78 is 21.8. The molecule has 0 aromatic carbocycles. The molecule has 0 bridgehead atoms. The average Bonchev–Trinajstić information content (AvgIpc) is 2.22. The van der Waals surface area contributed by atoms with Crippen LogP contribution in [-0.4, -0.2) is 37.9 Å². The van der Waals surface area contributed by atoms with Gasteiger partial charge in [-0.05, 0) is 19.4 Å². The number of rotatable bonds is 5. The maximum Gasteiger partial charge on any atom is 0.254 e. The third-order valence-corrected chi connectivity index (χ3v) is 3.33. The number of aromatic nitrogens is 1. The number of nitrogens with two attached hydrogens (primary N) is 1. The quantitative estimate of drug-likeness (QED) is 0.741. The van der Waals surface area contributed by atoms with Gasteiger partial charge in [0.05, 0.1) is 11.3 Å². The van der Waals surface area contributed by atoms with Crippen molar-refractivity contribution in [3.8, 4) is 0 Å². The number of sulfone groups is 1. The van der Waals surface area contributed by atoms with Crippen LogP contribution in [0.1, 0.15) is 22.5 Å². The molecule has 3 N–H and O–H groups in total. The standard InChI is InChI=1S/C11H17N3O3S/c1-8-6-10(12)9(7-14-8)11(15)13-4-3-5-18(2,16)17/h6-7H,3-5H2,1-2H3,(H2,12,14)(H,13,15). The molecule has 1 heterocycles. The Hall–Kier alpha value is -1.63. The van der Waals surface area contributed by atoms with Crippen molar-refractivity contribution in [2.24, 2.45) is 0 Å². The number of carbonyl (C=O) groups is 1. The van der Waals surface area contributed by atoms with Crippen LogP contribution in [0, 0.1) is 6.92 Å². The van der Waals surface area contributed by atoms with Crippen molar-refractivity contribution >= 4 is 21.4 Å². The van der Waals surface area contributed by atoms with Gasteiger partial charge in [0.15, 0.2) is 0 Å². The van der Waals surface area contributed by atoms with Crippen LogP contribution in [-0.2, 0) is 9.84 Å². The largest absolute Gasteiger partial charge is 0.398 e. The average molecular weight is 271 g/mol. The van der Waals surface area contributed by atoms with Crippen molar-refractivity contribution in [1.29, 1.82) is 0 Å². The van der Waals surface area contributed by atoms with Gasteiger partial charge in [-0.1, -0.05) is 0 Å². The SMILES string of the molecule is Cc1cc(N)c(C(=O)NCCCS(C)(=O)=O)cn1. The van der Waals surface area contributed by atoms with E-state index in [1.807, 2.05) is 0 Å². The Morgan fingerprint density at radius 3 is 2.72 bits per heavy atom. The van der Waals surface area contributed by atoms with E-state index in [0.717, 1.165) is 11.9 Å². The number of pyridine rings is 1. The summed E-state index contributed by atoms with van der Waals surface area (Å²) in [5, 5.41) is 2.61. The van der Waals surface area contributed by atoms with E-state index in [4.69, 9.17) is 5.73 Å². The summed E-state index contributed by atoms with van der Waals surface area (Å²) in [6.45, 7) is 2.07. The van der Waals surface area contributed by atoms with Crippen molar-refractivity contribution in [2.45, 2.75) is 13.3 Å². The van der Waals surface area contributed by atoms with Gasteiger partial charge in [-0.2, -0.15) is 0 Å². The predicted molar refractivity (Wildman–Crippen MR) is 70.0 cm³/mol. The van der Waals surface area contributed by atoms with Crippen LogP contribution in [0.3, 0.4) is 0 Å². The highest BCUT2D eigenvalue weighted by Crippen LogP contribution is 2.10. The summed E-state index contributed by atoms with van der Waals surface area (Å²) in [6.07, 6.45) is 2.96. The lowest BCUT2D eigenvalue weighted by Crippen LogP contribution is -2.26. The fourth-order valence-electron chi connectivity index (χ4n) is 1.40. The van der Waals surface area contributed by atoms with Crippen molar-refractivity contribution < 1.29 is 13.2 Å². The maximum absolute atomic E-state index is 11.7. The number of hydrogen-bond acceptors (Lipinski definition) is 5. The number of hydrogen-bond donors (Lipinski definition) is 2. The first kappa shape index (κ1) is 14.4. The minimum absolute atomic E-state index is 0.0505. The lowest BCUT2D eigenvalue weighted by molar-refractivity contribution is 0.0954. The lowest BCUT2D eigenvalue weighted by Gasteiger charge is -2.07. The molecule has 1 aromatic heterocycles. The van der Waals surface area contributed by atoms with E-state index < -0.39 is 9.84 Å². The molecule has 1 amide bonds. The highest BCUT2D eigenvalue weighted by molar-refractivity contribution is 7.90. The van der Waals surface area contributed by atoms with Gasteiger partial charge in [0.25, 0.3) is 5.91 Å². The fourth-order valence-corrected chi connectivity index (χ4v) is 2.07. The number of aryl methyl sites for hydroxylation is 1. The fraction of sp³-hybridized carbons (Fsp3) is 0.455. The Morgan fingerprint density at radius 1 is 1.50 bits per heavy atom. The normalized spacial score (nSPS) is 11.2. The third-order valence-electron chi connectivity index (χ3n) is 2.29. The number of nitrogens with zero attached hydrogens (tertiary/aromatic N) is 1. The van der Waals surface area contributed by atoms with Gasteiger partial charge in [-0.25, -0.2) is 8.42 Å². The molecule has 6 nitrogen and oxygen atoms in total. The Bertz CT molecular complexity index is 540. The van der Waals surface area contributed by atoms with Gasteiger partial charge < -0.3 is 11.1 Å². The number of nitrogens with one attached hydrogen (secondary N) is 1. The molecular weight excluding hydrogens is 254 g/mol. The van der Waals surface area contributed by atoms with Gasteiger partial charge >= 0.3 is 0 Å². The molecular formula is C11H17N3O3S. The van der Waals surface area contributed by atoms with Crippen molar-refractivity contribution in [3.63, 3.8) is 0 Å². The Labute approximate surface area is 107 Å². The Balaban J connectivity index is 2.51. The van der Waals surface area contributed by atoms with E-state index in [-0.39, 0.29) is 11.7 Å². The maximum atomic E-state index is 11.7. The van der Waals surface area contributed by atoms with Gasteiger partial charge in [-0.15, -0.1) is 0 Å². The molecule has 0 aliphatic rings. The number of nitrogen functional groups attached to an aromatic ring is 1. The molecule has 0 saturated carbocycles. The topological polar surface area (TPSA) is 102 Å². The molecule has 1 aromatic rings. The first-order valence-corrected chi connectivity index (χ1v) is 7.53. The highest BCUT2D eigenvalue weighted by atomic mass is 32.2. The molecule has 1 rings (SSSR count). The predicted octanol–water partition coefficient (Wildman–Crippen LogP) is 0.137. The summed E-state index contributed by atoms with van der Waals surface area (Å²) in [5.41, 5.74) is 7.11. The Morgan fingerprint density at radius 2 is 2.17 bits per heavy atom. The second kappa shape index (κ2) is 5.81. The lowest BCUT2D eigenvalue weighted by atomic mass is 10.2. The molecule has 100 valence electrons. The molecule has 18 heavy (non-hydrogen) atoms. The third kappa shape index (κ3) is 4.70. The van der Waals surface area contributed by atoms with Gasteiger partial charge in [0.2, 0.25) is 0 Å². The molecule has 0 saturated heterocycles. The van der Waals surface area contributed by atoms with Crippen molar-refractivity contribution in [2.75, 3.05) is 24.3 Å². The molecule has 0 fully saturated rings. The number of anilines is 1. The van der Waals surface area contributed by atoms with Crippen molar-refractivity contribution in [3.05, 3.63) is 23.5 Å². The second-order valence-electron chi connectivity index (χ2n) is 4.15. The Kier molecular flexibility index (Phi) is 4.66. The summed E-state index contributed by atoms with van der Waals surface area (Å²) in [5.74, 6) is -0.289. The first-order chi connectivity index (χ1) is 8.29. The van der Waals surface area contributed by atoms with Crippen LogP contribution in [0.4, 0.5) is 5.69 Å². The highest BCUT2D eigenvalue weighted by Gasteiger charge is 2.10. The van der Waals surface area contributed by atoms with Gasteiger partial charge in [-0.3, -0.25) is 9.78 Å². The zero-order chi connectivity index (χ0) is 13.8. The van der Waals surface area contributed by atoms with Crippen LogP contribution >= 0.6 is 0 Å². The summed E-state index contributed by atoms with van der Waals surface area (Å²) in [7, 11) is -2.99. The van der Waals surface area contributed by atoms with Crippen LogP contribution in [0.25, 0.3) is 0 Å². The first-order valence-electron chi connectivity index (χ1n) is 5.47. The zero-order valence-corrected chi connectivity index (χ0v) is 11.3. The van der Waals surface area contributed by atoms with E-state index in [2.05, 4.69) is 10.3 Å². The van der Waals surface area contributed by atoms with E-state index in [1.54, 1.807) is 13.0 Å². The molecule has 0 aliphatic heterocycles. The summed E-state index contributed by atoms with van der Waals surface area (Å²) in [6, 6.07) is 1.62. The van der Waals surface area contributed by atoms with Crippen LogP contribution in [0.2, 0.25) is 0 Å². The minimum atomic E-state index is -2.99. The van der Waals surface area contributed by atoms with E-state index in [1.165, 1.54) is 6.20 Å². The van der Waals surface area contributed by atoms with Crippen LogP contribution in [0.5, 0.6) is 0 Å². The van der Waals surface area contributed by atoms with Crippen LogP contribution < -0.4 is 11.1 Å². The molecule has 0 spiro atoms. The number of carbonyl (C=O) groups excluding carboxylic acids is 1. The smallest absolute Gasteiger partial charge is 0.254 e. The minimum Gasteiger partial charge on any atom is -0.398 e. The summed E-state index contributed by atoms with van der Waals surface area (Å²) in [4.78, 5) is 15.7. The van der Waals surface area contributed by atoms with E-state index >= 15 is 0 Å². The second-order valence-corrected chi connectivity index (χ2v) is 6.41. The van der Waals surface area contributed by atoms with E-state index in [9.17, 15) is 13.2 Å². The summed E-state index contributed by atoms with van der Waals surface area (Å²) >= 11 is 0. The van der Waals surface area contributed by atoms with Crippen molar-refractivity contribution in [1.82, 2.24) is 10.3 Å². The number of amides is 1. The monoisotopic (exact) mass is 271 g/mol. The molecule has 0 atom stereocenters. The molecule has 0 aliphatic carbocycles.